The summed E-state index contributed by atoms with van der Waals surface area (Å²) in [6, 6.07) is 10.5. The van der Waals surface area contributed by atoms with Crippen molar-refractivity contribution in [3.05, 3.63) is 46.2 Å². The van der Waals surface area contributed by atoms with E-state index in [2.05, 4.69) is 29.8 Å². The van der Waals surface area contributed by atoms with Crippen molar-refractivity contribution in [2.75, 3.05) is 20.3 Å². The summed E-state index contributed by atoms with van der Waals surface area (Å²) in [5.41, 5.74) is 1.17. The molecule has 1 aromatic carbocycles. The predicted molar refractivity (Wildman–Crippen MR) is 84.0 cm³/mol. The van der Waals surface area contributed by atoms with Crippen LogP contribution in [-0.4, -0.2) is 20.3 Å². The maximum atomic E-state index is 5.77. The van der Waals surface area contributed by atoms with Crippen LogP contribution in [0.1, 0.15) is 23.4 Å². The minimum atomic E-state index is 0.360. The van der Waals surface area contributed by atoms with E-state index < -0.39 is 0 Å². The summed E-state index contributed by atoms with van der Waals surface area (Å²) in [5.74, 6) is 1.58. The Bertz CT molecular complexity index is 525. The summed E-state index contributed by atoms with van der Waals surface area (Å²) >= 11 is 1.77. The number of nitrogens with one attached hydrogen (secondary N) is 1. The molecule has 3 nitrogen and oxygen atoms in total. The zero-order chi connectivity index (χ0) is 14.4. The molecule has 0 spiro atoms. The summed E-state index contributed by atoms with van der Waals surface area (Å²) in [4.78, 5) is 1.35. The molecular formula is C16H21NO2S. The SMILES string of the molecule is COc1cc(C)ccc1OCCNC(C)c1cccs1. The Morgan fingerprint density at radius 2 is 2.10 bits per heavy atom. The highest BCUT2D eigenvalue weighted by Gasteiger charge is 2.06. The van der Waals surface area contributed by atoms with E-state index in [9.17, 15) is 0 Å². The van der Waals surface area contributed by atoms with Crippen molar-refractivity contribution in [2.45, 2.75) is 19.9 Å². The molecule has 108 valence electrons. The highest BCUT2D eigenvalue weighted by Crippen LogP contribution is 2.27. The first kappa shape index (κ1) is 14.9. The van der Waals surface area contributed by atoms with Gasteiger partial charge in [-0.3, -0.25) is 0 Å². The molecule has 0 amide bonds. The molecule has 0 aliphatic rings. The lowest BCUT2D eigenvalue weighted by molar-refractivity contribution is 0.288. The van der Waals surface area contributed by atoms with Gasteiger partial charge in [-0.15, -0.1) is 11.3 Å². The number of methoxy groups -OCH3 is 1. The third-order valence-electron chi connectivity index (χ3n) is 3.10. The molecule has 20 heavy (non-hydrogen) atoms. The van der Waals surface area contributed by atoms with Gasteiger partial charge >= 0.3 is 0 Å². The van der Waals surface area contributed by atoms with Crippen LogP contribution >= 0.6 is 11.3 Å². The molecular weight excluding hydrogens is 270 g/mol. The first-order valence-corrected chi connectivity index (χ1v) is 7.63. The number of hydrogen-bond acceptors (Lipinski definition) is 4. The third-order valence-corrected chi connectivity index (χ3v) is 4.15. The molecule has 0 fully saturated rings. The zero-order valence-electron chi connectivity index (χ0n) is 12.2. The van der Waals surface area contributed by atoms with Crippen molar-refractivity contribution in [3.8, 4) is 11.5 Å². The van der Waals surface area contributed by atoms with Crippen molar-refractivity contribution in [2.24, 2.45) is 0 Å². The summed E-state index contributed by atoms with van der Waals surface area (Å²) in [6.45, 7) is 5.63. The van der Waals surface area contributed by atoms with Crippen LogP contribution in [0.15, 0.2) is 35.7 Å². The van der Waals surface area contributed by atoms with Crippen LogP contribution in [-0.2, 0) is 0 Å². The fourth-order valence-corrected chi connectivity index (χ4v) is 2.73. The lowest BCUT2D eigenvalue weighted by atomic mass is 10.2. The number of aryl methyl sites for hydroxylation is 1. The maximum Gasteiger partial charge on any atom is 0.161 e. The van der Waals surface area contributed by atoms with Gasteiger partial charge in [0.15, 0.2) is 11.5 Å². The number of ether oxygens (including phenoxy) is 2. The molecule has 1 N–H and O–H groups in total. The highest BCUT2D eigenvalue weighted by molar-refractivity contribution is 7.10. The Balaban J connectivity index is 1.79. The Morgan fingerprint density at radius 3 is 2.80 bits per heavy atom. The van der Waals surface area contributed by atoms with Crippen LogP contribution < -0.4 is 14.8 Å². The number of thiophene rings is 1. The minimum Gasteiger partial charge on any atom is -0.493 e. The second-order valence-electron chi connectivity index (χ2n) is 4.69. The second-order valence-corrected chi connectivity index (χ2v) is 5.67. The molecule has 0 radical (unpaired) electrons. The number of hydrogen-bond donors (Lipinski definition) is 1. The van der Waals surface area contributed by atoms with E-state index in [-0.39, 0.29) is 0 Å². The van der Waals surface area contributed by atoms with E-state index in [1.54, 1.807) is 18.4 Å². The van der Waals surface area contributed by atoms with Gasteiger partial charge in [-0.25, -0.2) is 0 Å². The summed E-state index contributed by atoms with van der Waals surface area (Å²) < 4.78 is 11.1. The van der Waals surface area contributed by atoms with E-state index in [0.29, 0.717) is 12.6 Å². The molecule has 1 heterocycles. The fourth-order valence-electron chi connectivity index (χ4n) is 1.97. The summed E-state index contributed by atoms with van der Waals surface area (Å²) in [6.07, 6.45) is 0. The van der Waals surface area contributed by atoms with Gasteiger partial charge in [-0.05, 0) is 43.0 Å². The van der Waals surface area contributed by atoms with Crippen molar-refractivity contribution in [3.63, 3.8) is 0 Å². The van der Waals surface area contributed by atoms with Gasteiger partial charge in [-0.1, -0.05) is 12.1 Å². The Morgan fingerprint density at radius 1 is 1.25 bits per heavy atom. The topological polar surface area (TPSA) is 30.5 Å². The Labute approximate surface area is 124 Å². The van der Waals surface area contributed by atoms with Gasteiger partial charge in [0.2, 0.25) is 0 Å². The van der Waals surface area contributed by atoms with Crippen molar-refractivity contribution >= 4 is 11.3 Å². The average molecular weight is 291 g/mol. The number of rotatable bonds is 7. The van der Waals surface area contributed by atoms with Crippen LogP contribution in [0, 0.1) is 6.92 Å². The van der Waals surface area contributed by atoms with E-state index >= 15 is 0 Å². The van der Waals surface area contributed by atoms with E-state index in [0.717, 1.165) is 18.0 Å². The van der Waals surface area contributed by atoms with Gasteiger partial charge in [0.25, 0.3) is 0 Å². The second kappa shape index (κ2) is 7.31. The van der Waals surface area contributed by atoms with Gasteiger partial charge in [-0.2, -0.15) is 0 Å². The van der Waals surface area contributed by atoms with Crippen LogP contribution in [0.5, 0.6) is 11.5 Å². The molecule has 0 aliphatic carbocycles. The largest absolute Gasteiger partial charge is 0.493 e. The summed E-state index contributed by atoms with van der Waals surface area (Å²) in [5, 5.41) is 5.55. The van der Waals surface area contributed by atoms with Crippen molar-refractivity contribution < 1.29 is 9.47 Å². The third kappa shape index (κ3) is 3.99. The molecule has 0 aliphatic heterocycles. The predicted octanol–water partition coefficient (Wildman–Crippen LogP) is 3.79. The molecule has 1 aromatic heterocycles. The first-order chi connectivity index (χ1) is 9.70. The molecule has 0 bridgehead atoms. The normalized spacial score (nSPS) is 12.2. The lowest BCUT2D eigenvalue weighted by Gasteiger charge is -2.14. The molecule has 2 rings (SSSR count). The van der Waals surface area contributed by atoms with Gasteiger partial charge in [0.05, 0.1) is 7.11 Å². The van der Waals surface area contributed by atoms with Crippen LogP contribution in [0.25, 0.3) is 0 Å². The van der Waals surface area contributed by atoms with E-state index in [1.165, 1.54) is 10.4 Å². The smallest absolute Gasteiger partial charge is 0.161 e. The lowest BCUT2D eigenvalue weighted by Crippen LogP contribution is -2.23. The minimum absolute atomic E-state index is 0.360. The Kier molecular flexibility index (Phi) is 5.44. The standard InChI is InChI=1S/C16H21NO2S/c1-12-6-7-14(15(11-12)18-3)19-9-8-17-13(2)16-5-4-10-20-16/h4-7,10-11,13,17H,8-9H2,1-3H3. The van der Waals surface area contributed by atoms with Gasteiger partial charge in [0, 0.05) is 17.5 Å². The van der Waals surface area contributed by atoms with E-state index in [1.807, 2.05) is 25.1 Å². The Hall–Kier alpha value is -1.52. The zero-order valence-corrected chi connectivity index (χ0v) is 13.0. The van der Waals surface area contributed by atoms with Crippen LogP contribution in [0.3, 0.4) is 0 Å². The van der Waals surface area contributed by atoms with Gasteiger partial charge in [0.1, 0.15) is 6.61 Å². The highest BCUT2D eigenvalue weighted by atomic mass is 32.1. The fraction of sp³-hybridized carbons (Fsp3) is 0.375. The average Bonchev–Trinajstić information content (AvgIpc) is 2.98. The monoisotopic (exact) mass is 291 g/mol. The van der Waals surface area contributed by atoms with Gasteiger partial charge < -0.3 is 14.8 Å². The van der Waals surface area contributed by atoms with Crippen LogP contribution in [0.2, 0.25) is 0 Å². The molecule has 1 atom stereocenters. The first-order valence-electron chi connectivity index (χ1n) is 6.75. The summed E-state index contributed by atoms with van der Waals surface area (Å²) in [7, 11) is 1.67. The number of benzene rings is 1. The molecule has 2 aromatic rings. The molecule has 4 heteroatoms. The molecule has 0 saturated heterocycles. The quantitative estimate of drug-likeness (QED) is 0.787. The molecule has 1 unspecified atom stereocenters. The molecule has 0 saturated carbocycles. The van der Waals surface area contributed by atoms with Crippen molar-refractivity contribution in [1.82, 2.24) is 5.32 Å². The van der Waals surface area contributed by atoms with E-state index in [4.69, 9.17) is 9.47 Å². The van der Waals surface area contributed by atoms with Crippen LogP contribution in [0.4, 0.5) is 0 Å². The maximum absolute atomic E-state index is 5.77. The van der Waals surface area contributed by atoms with Crippen molar-refractivity contribution in [1.29, 1.82) is 0 Å².